The van der Waals surface area contributed by atoms with Gasteiger partial charge in [-0.15, -0.1) is 6.07 Å². The van der Waals surface area contributed by atoms with E-state index in [1.165, 1.54) is 18.2 Å². The molecule has 0 aromatic carbocycles. The molecule has 0 saturated carbocycles. The molecule has 14 heteroatoms. The Bertz CT molecular complexity index is 1130. The summed E-state index contributed by atoms with van der Waals surface area (Å²) in [6.07, 6.45) is 3.50. The second-order valence-corrected chi connectivity index (χ2v) is 4.79. The zero-order valence-electron chi connectivity index (χ0n) is 19.1. The van der Waals surface area contributed by atoms with E-state index in [4.69, 9.17) is 42.1 Å². The van der Waals surface area contributed by atoms with Crippen molar-refractivity contribution in [2.24, 2.45) is 0 Å². The van der Waals surface area contributed by atoms with Crippen LogP contribution < -0.4 is 0 Å². The average Bonchev–Trinajstić information content (AvgIpc) is 3.09. The van der Waals surface area contributed by atoms with E-state index in [-0.39, 0.29) is 20.4 Å². The summed E-state index contributed by atoms with van der Waals surface area (Å²) >= 11 is 1.19. The first-order valence-corrected chi connectivity index (χ1v) is 11.9. The Balaban J connectivity index is -0.000000139. The van der Waals surface area contributed by atoms with E-state index in [9.17, 15) is 0 Å². The van der Waals surface area contributed by atoms with Gasteiger partial charge in [0.05, 0.1) is 11.4 Å². The second-order valence-electron chi connectivity index (χ2n) is 4.79. The molecular weight excluding hydrogens is 876 g/mol. The fraction of sp³-hybridized carbons (Fsp3) is 0. The number of rotatable bonds is 2. The Morgan fingerprint density at radius 3 is 1.41 bits per heavy atom. The molecule has 4 heterocycles. The maximum absolute atomic E-state index is 7.50. The summed E-state index contributed by atoms with van der Waals surface area (Å²) in [7, 11) is 4.69. The molecule has 4 aromatic rings. The van der Waals surface area contributed by atoms with Crippen LogP contribution in [0.3, 0.4) is 0 Å². The quantitative estimate of drug-likeness (QED) is 0.218. The zero-order valence-corrected chi connectivity index (χ0v) is 25.3. The number of halogens is 1. The van der Waals surface area contributed by atoms with Crippen LogP contribution in [-0.2, 0) is 71.2 Å². The Labute approximate surface area is 252 Å². The van der Waals surface area contributed by atoms with E-state index in [1.54, 1.807) is 12.4 Å². The van der Waals surface area contributed by atoms with E-state index >= 15 is 0 Å². The van der Waals surface area contributed by atoms with Gasteiger partial charge in [0.15, 0.2) is 0 Å². The van der Waals surface area contributed by atoms with E-state index < -0.39 is 0 Å². The molecule has 4 aromatic heterocycles. The van der Waals surface area contributed by atoms with Crippen molar-refractivity contribution in [3.8, 4) is 22.8 Å². The minimum Gasteiger partial charge on any atom is -0.318 e. The number of fused-ring (bicyclic) bond motifs is 1. The molecule has 4 rings (SSSR count). The van der Waals surface area contributed by atoms with Crippen molar-refractivity contribution in [3.05, 3.63) is 120 Å². The normalized spacial score (nSPS) is 6.56. The van der Waals surface area contributed by atoms with E-state index in [2.05, 4.69) is 72.6 Å². The molecule has 0 unspecified atom stereocenters. The second kappa shape index (κ2) is 41.8. The minimum atomic E-state index is 0. The van der Waals surface area contributed by atoms with Crippen LogP contribution in [0.25, 0.3) is 33.8 Å². The Kier molecular flexibility index (Phi) is 52.1. The van der Waals surface area contributed by atoms with Gasteiger partial charge in [-0.1, -0.05) is 23.6 Å². The number of hydrogen-bond donors (Lipinski definition) is 0. The largest absolute Gasteiger partial charge is 0.318 e. The van der Waals surface area contributed by atoms with Gasteiger partial charge in [-0.05, 0) is 35.7 Å². The zero-order chi connectivity index (χ0) is 30.8. The molecule has 0 aliphatic carbocycles. The van der Waals surface area contributed by atoms with Crippen molar-refractivity contribution < 1.29 is 71.2 Å². The molecule has 0 atom stereocenters. The molecule has 195 valence electrons. The topological polar surface area (TPSA) is 191 Å². The molecule has 0 fully saturated rings. The van der Waals surface area contributed by atoms with Crippen LogP contribution in [0.1, 0.15) is 0 Å². The maximum Gasteiger partial charge on any atom is 0.104 e. The predicted octanol–water partition coefficient (Wildman–Crippen LogP) is 3.98. The van der Waals surface area contributed by atoms with Gasteiger partial charge in [-0.25, -0.2) is 4.98 Å². The van der Waals surface area contributed by atoms with E-state index in [0.717, 1.165) is 22.5 Å². The molecule has 0 aliphatic heterocycles. The molecule has 0 amide bonds. The van der Waals surface area contributed by atoms with Gasteiger partial charge in [-0.2, -0.15) is 12.1 Å². The third-order valence-electron chi connectivity index (χ3n) is 3.32. The van der Waals surface area contributed by atoms with Crippen molar-refractivity contribution in [1.82, 2.24) is 19.9 Å². The molecule has 0 bridgehead atoms. The van der Waals surface area contributed by atoms with Gasteiger partial charge in [0.25, 0.3) is 0 Å². The number of hydrogen-bond acceptors (Lipinski definition) is 4. The Morgan fingerprint density at radius 1 is 0.564 bits per heavy atom. The van der Waals surface area contributed by atoms with Gasteiger partial charge in [0, 0.05) is 32.8 Å². The van der Waals surface area contributed by atoms with Gasteiger partial charge in [0.1, 0.15) is 5.65 Å². The minimum absolute atomic E-state index is 0. The van der Waals surface area contributed by atoms with Crippen LogP contribution in [0.5, 0.6) is 0 Å². The summed E-state index contributed by atoms with van der Waals surface area (Å²) in [6.45, 7) is 31.5. The van der Waals surface area contributed by atoms with Crippen LogP contribution in [0.4, 0.5) is 0 Å². The van der Waals surface area contributed by atoms with Gasteiger partial charge >= 0.3 is 107 Å². The maximum atomic E-state index is 7.50. The molecular formula is C25H11ClN4O7Re2-. The van der Waals surface area contributed by atoms with Crippen molar-refractivity contribution in [1.29, 1.82) is 0 Å². The van der Waals surface area contributed by atoms with Crippen molar-refractivity contribution in [2.45, 2.75) is 0 Å². The smallest absolute Gasteiger partial charge is 0.104 e. The summed E-state index contributed by atoms with van der Waals surface area (Å²) in [5, 5.41) is 0.944. The summed E-state index contributed by atoms with van der Waals surface area (Å²) in [5.41, 5.74) is 3.79. The molecule has 0 N–H and O–H groups in total. The molecule has 0 aliphatic rings. The third-order valence-corrected chi connectivity index (χ3v) is 3.32. The third kappa shape index (κ3) is 20.3. The standard InChI is InChI=1S/C18H11N4.7CO.ClH.2Re/c1-3-11-19-14(5-1)16-9-7-13-8-10-17(22-18(13)21-16)15-6-2-4-12-20-15;7*1-2;;;/h1-9,11-12H;;;;;;;;1H;;/q-1;;;;;;;;;;+1/p-1. The molecule has 1 radical (unpaired) electrons. The van der Waals surface area contributed by atoms with Crippen molar-refractivity contribution in [3.63, 3.8) is 0 Å². The molecule has 39 heavy (non-hydrogen) atoms. The summed E-state index contributed by atoms with van der Waals surface area (Å²) in [6, 6.07) is 20.5. The number of pyridine rings is 4. The monoisotopic (exact) mass is 888 g/mol. The summed E-state index contributed by atoms with van der Waals surface area (Å²) in [5.74, 6) is 0. The van der Waals surface area contributed by atoms with E-state index in [0.29, 0.717) is 11.3 Å². The molecule has 0 spiro atoms. The first-order chi connectivity index (χ1) is 18.9. The Morgan fingerprint density at radius 2 is 1.00 bits per heavy atom. The first-order valence-electron chi connectivity index (χ1n) is 8.50. The van der Waals surface area contributed by atoms with Crippen LogP contribution >= 0.6 is 9.53 Å². The van der Waals surface area contributed by atoms with Crippen LogP contribution in [0.15, 0.2) is 67.0 Å². The predicted molar refractivity (Wildman–Crippen MR) is 118 cm³/mol. The van der Waals surface area contributed by atoms with E-state index in [1.807, 2.05) is 54.6 Å². The Hall–Kier alpha value is -3.35. The van der Waals surface area contributed by atoms with Crippen molar-refractivity contribution in [2.75, 3.05) is 0 Å². The summed E-state index contributed by atoms with van der Waals surface area (Å²) in [4.78, 5) is 17.8. The van der Waals surface area contributed by atoms with Crippen LogP contribution in [0.2, 0.25) is 0 Å². The van der Waals surface area contributed by atoms with Crippen molar-refractivity contribution >= 4 is 20.6 Å². The SMILES string of the molecule is [C-]#[O+].[C-]#[O+].[C-]#[O+].[C-]#[O+].[C-]#[O+].[C-]#[O+].[C-]#[O+].[Cl][Re].[Re].[c-]1cc2ccc(-c3ccccn3)nc2nc1-c1ccccn1. The molecule has 11 nitrogen and oxygen atoms in total. The molecule has 0 saturated heterocycles. The number of nitrogens with zero attached hydrogens (tertiary/aromatic N) is 4. The van der Waals surface area contributed by atoms with Gasteiger partial charge in [-0.3, -0.25) is 9.97 Å². The summed E-state index contributed by atoms with van der Waals surface area (Å²) < 4.78 is 52.5. The van der Waals surface area contributed by atoms with Gasteiger partial charge < -0.3 is 4.98 Å². The van der Waals surface area contributed by atoms with Gasteiger partial charge in [0.2, 0.25) is 0 Å². The first kappa shape index (κ1) is 48.7. The van der Waals surface area contributed by atoms with Crippen LogP contribution in [-0.4, -0.2) is 19.9 Å². The van der Waals surface area contributed by atoms with Crippen LogP contribution in [0, 0.1) is 52.6 Å². The average molecular weight is 887 g/mol. The fourth-order valence-corrected chi connectivity index (χ4v) is 2.24. The fourth-order valence-electron chi connectivity index (χ4n) is 2.24. The number of aromatic nitrogens is 4.